The number of ether oxygens (including phenoxy) is 3. The first-order valence-corrected chi connectivity index (χ1v) is 11.3. The molecule has 0 radical (unpaired) electrons. The molecule has 0 fully saturated rings. The van der Waals surface area contributed by atoms with Gasteiger partial charge in [0.2, 0.25) is 0 Å². The number of H-pyrrole nitrogens is 1. The lowest BCUT2D eigenvalue weighted by atomic mass is 10.1. The lowest BCUT2D eigenvalue weighted by molar-refractivity contribution is 0.0736. The van der Waals surface area contributed by atoms with Gasteiger partial charge in [0.15, 0.2) is 17.2 Å². The predicted octanol–water partition coefficient (Wildman–Crippen LogP) is 3.81. The monoisotopic (exact) mass is 476 g/mol. The highest BCUT2D eigenvalue weighted by Crippen LogP contribution is 2.35. The number of carbonyl (C=O) groups is 1. The summed E-state index contributed by atoms with van der Waals surface area (Å²) in [5, 5.41) is 23.8. The number of nitrogens with one attached hydrogen (secondary N) is 2. The van der Waals surface area contributed by atoms with Gasteiger partial charge in [-0.3, -0.25) is 0 Å². The number of aromatic amines is 1. The Labute approximate surface area is 203 Å². The number of phenols is 1. The van der Waals surface area contributed by atoms with Gasteiger partial charge < -0.3 is 34.7 Å². The fraction of sp³-hybridized carbons (Fsp3) is 0.222. The molecule has 0 bridgehead atoms. The average molecular weight is 477 g/mol. The Morgan fingerprint density at radius 3 is 2.57 bits per heavy atom. The fourth-order valence-electron chi connectivity index (χ4n) is 3.59. The van der Waals surface area contributed by atoms with Gasteiger partial charge in [0, 0.05) is 19.3 Å². The third-order valence-corrected chi connectivity index (χ3v) is 5.28. The van der Waals surface area contributed by atoms with Crippen LogP contribution in [0, 0.1) is 6.92 Å². The number of aromatic nitrogens is 1. The van der Waals surface area contributed by atoms with E-state index in [-0.39, 0.29) is 12.4 Å². The highest BCUT2D eigenvalue weighted by atomic mass is 16.5. The topological polar surface area (TPSA) is 113 Å². The largest absolute Gasteiger partial charge is 0.504 e. The number of para-hydroxylation sites is 2. The molecule has 0 aliphatic carbocycles. The van der Waals surface area contributed by atoms with Gasteiger partial charge >= 0.3 is 5.97 Å². The first-order chi connectivity index (χ1) is 17.0. The van der Waals surface area contributed by atoms with Crippen LogP contribution in [0.25, 0.3) is 10.9 Å². The minimum Gasteiger partial charge on any atom is -0.504 e. The molecule has 0 saturated carbocycles. The van der Waals surface area contributed by atoms with Crippen LogP contribution in [0.4, 0.5) is 0 Å². The first kappa shape index (κ1) is 24.1. The molecule has 182 valence electrons. The summed E-state index contributed by atoms with van der Waals surface area (Å²) in [5.41, 5.74) is 2.18. The highest BCUT2D eigenvalue weighted by Gasteiger charge is 2.17. The highest BCUT2D eigenvalue weighted by molar-refractivity contribution is 5.97. The van der Waals surface area contributed by atoms with Crippen LogP contribution in [0.2, 0.25) is 0 Å². The predicted molar refractivity (Wildman–Crippen MR) is 132 cm³/mol. The van der Waals surface area contributed by atoms with Crippen LogP contribution in [-0.2, 0) is 0 Å². The first-order valence-electron chi connectivity index (χ1n) is 11.3. The quantitative estimate of drug-likeness (QED) is 0.192. The van der Waals surface area contributed by atoms with Crippen molar-refractivity contribution in [3.63, 3.8) is 0 Å². The molecule has 1 atom stereocenters. The molecule has 35 heavy (non-hydrogen) atoms. The Morgan fingerprint density at radius 1 is 1.00 bits per heavy atom. The Hall–Kier alpha value is -4.01. The van der Waals surface area contributed by atoms with E-state index < -0.39 is 12.1 Å². The normalized spacial score (nSPS) is 11.8. The van der Waals surface area contributed by atoms with E-state index in [4.69, 9.17) is 14.2 Å². The van der Waals surface area contributed by atoms with Crippen molar-refractivity contribution in [2.45, 2.75) is 13.0 Å². The van der Waals surface area contributed by atoms with Crippen molar-refractivity contribution in [3.8, 4) is 23.0 Å². The van der Waals surface area contributed by atoms with Crippen LogP contribution in [0.3, 0.4) is 0 Å². The fourth-order valence-corrected chi connectivity index (χ4v) is 3.59. The second-order valence-electron chi connectivity index (χ2n) is 8.08. The molecule has 8 heteroatoms. The molecule has 4 aromatic rings. The minimum absolute atomic E-state index is 0.0448. The summed E-state index contributed by atoms with van der Waals surface area (Å²) < 4.78 is 17.1. The second-order valence-corrected chi connectivity index (χ2v) is 8.08. The molecule has 8 nitrogen and oxygen atoms in total. The van der Waals surface area contributed by atoms with Gasteiger partial charge in [-0.05, 0) is 48.9 Å². The maximum atomic E-state index is 12.5. The number of fused-ring (bicyclic) bond motifs is 1. The average Bonchev–Trinajstić information content (AvgIpc) is 3.26. The molecule has 1 aromatic heterocycles. The summed E-state index contributed by atoms with van der Waals surface area (Å²) >= 11 is 0. The van der Waals surface area contributed by atoms with Gasteiger partial charge in [-0.1, -0.05) is 30.3 Å². The van der Waals surface area contributed by atoms with Crippen LogP contribution in [0.15, 0.2) is 72.9 Å². The molecule has 1 unspecified atom stereocenters. The van der Waals surface area contributed by atoms with E-state index in [1.807, 2.05) is 25.1 Å². The molecular weight excluding hydrogens is 448 g/mol. The number of hydrogen-bond acceptors (Lipinski definition) is 7. The summed E-state index contributed by atoms with van der Waals surface area (Å²) in [6, 6.07) is 19.3. The van der Waals surface area contributed by atoms with Crippen molar-refractivity contribution in [2.75, 3.05) is 26.3 Å². The molecule has 4 rings (SSSR count). The maximum Gasteiger partial charge on any atom is 0.343 e. The van der Waals surface area contributed by atoms with Crippen LogP contribution in [0.1, 0.15) is 15.9 Å². The lowest BCUT2D eigenvalue weighted by Gasteiger charge is -2.15. The van der Waals surface area contributed by atoms with E-state index in [9.17, 15) is 15.0 Å². The van der Waals surface area contributed by atoms with Crippen molar-refractivity contribution >= 4 is 16.9 Å². The summed E-state index contributed by atoms with van der Waals surface area (Å²) in [5.74, 6) is 0.908. The minimum atomic E-state index is -0.773. The SMILES string of the molecule is Cc1cc(OCC(O)CNCCOc2ccccc2O)c2c(OC(=O)c3ccccc3)c[nH]c2c1. The van der Waals surface area contributed by atoms with Crippen LogP contribution < -0.4 is 19.5 Å². The molecule has 0 aliphatic heterocycles. The zero-order chi connectivity index (χ0) is 24.6. The summed E-state index contributed by atoms with van der Waals surface area (Å²) in [4.78, 5) is 15.6. The summed E-state index contributed by atoms with van der Waals surface area (Å²) in [6.45, 7) is 3.09. The van der Waals surface area contributed by atoms with E-state index in [0.29, 0.717) is 47.9 Å². The van der Waals surface area contributed by atoms with E-state index in [0.717, 1.165) is 11.1 Å². The van der Waals surface area contributed by atoms with Crippen LogP contribution in [0.5, 0.6) is 23.0 Å². The van der Waals surface area contributed by atoms with Crippen molar-refractivity contribution in [2.24, 2.45) is 0 Å². The van der Waals surface area contributed by atoms with Gasteiger partial charge in [-0.2, -0.15) is 0 Å². The third-order valence-electron chi connectivity index (χ3n) is 5.28. The number of aliphatic hydroxyl groups is 1. The summed E-state index contributed by atoms with van der Waals surface area (Å²) in [6.07, 6.45) is 0.852. The number of carbonyl (C=O) groups excluding carboxylic acids is 1. The Morgan fingerprint density at radius 2 is 1.77 bits per heavy atom. The van der Waals surface area contributed by atoms with Gasteiger partial charge in [0.05, 0.1) is 16.5 Å². The number of phenolic OH excluding ortho intramolecular Hbond substituents is 1. The number of aryl methyl sites for hydroxylation is 1. The number of rotatable bonds is 11. The maximum absolute atomic E-state index is 12.5. The van der Waals surface area contributed by atoms with Crippen LogP contribution >= 0.6 is 0 Å². The van der Waals surface area contributed by atoms with Crippen molar-refractivity contribution in [1.82, 2.24) is 10.3 Å². The molecule has 0 aliphatic rings. The molecule has 4 N–H and O–H groups in total. The Kier molecular flexibility index (Phi) is 7.87. The molecule has 3 aromatic carbocycles. The van der Waals surface area contributed by atoms with Crippen molar-refractivity contribution in [1.29, 1.82) is 0 Å². The summed E-state index contributed by atoms with van der Waals surface area (Å²) in [7, 11) is 0. The van der Waals surface area contributed by atoms with E-state index in [1.54, 1.807) is 54.7 Å². The van der Waals surface area contributed by atoms with Gasteiger partial charge in [-0.25, -0.2) is 4.79 Å². The number of benzene rings is 3. The van der Waals surface area contributed by atoms with Crippen LogP contribution in [-0.4, -0.2) is 53.6 Å². The second kappa shape index (κ2) is 11.4. The number of aliphatic hydroxyl groups excluding tert-OH is 1. The standard InChI is InChI=1S/C27H28N2O6/c1-18-13-21-26(25(16-29-21)35-27(32)19-7-3-2-4-8-19)24(14-18)34-17-20(30)15-28-11-12-33-23-10-6-5-9-22(23)31/h2-10,13-14,16,20,28-31H,11-12,15,17H2,1H3. The molecule has 0 spiro atoms. The lowest BCUT2D eigenvalue weighted by Crippen LogP contribution is -2.33. The molecule has 0 saturated heterocycles. The zero-order valence-electron chi connectivity index (χ0n) is 19.4. The smallest absolute Gasteiger partial charge is 0.343 e. The van der Waals surface area contributed by atoms with Gasteiger partial charge in [0.25, 0.3) is 0 Å². The van der Waals surface area contributed by atoms with E-state index in [2.05, 4.69) is 10.3 Å². The Bertz CT molecular complexity index is 1270. The van der Waals surface area contributed by atoms with E-state index >= 15 is 0 Å². The van der Waals surface area contributed by atoms with E-state index in [1.165, 1.54) is 0 Å². The number of esters is 1. The molecule has 1 heterocycles. The number of aromatic hydroxyl groups is 1. The van der Waals surface area contributed by atoms with Gasteiger partial charge in [-0.15, -0.1) is 0 Å². The molecule has 0 amide bonds. The van der Waals surface area contributed by atoms with Gasteiger partial charge in [0.1, 0.15) is 25.1 Å². The Balaban J connectivity index is 1.32. The number of hydrogen-bond donors (Lipinski definition) is 4. The molecular formula is C27H28N2O6. The van der Waals surface area contributed by atoms with Crippen molar-refractivity contribution in [3.05, 3.63) is 84.1 Å². The van der Waals surface area contributed by atoms with Crippen molar-refractivity contribution < 1.29 is 29.2 Å². The third kappa shape index (κ3) is 6.32. The zero-order valence-corrected chi connectivity index (χ0v) is 19.4.